The molecule has 4 aromatic rings. The number of pyridine rings is 2. The zero-order valence-corrected chi connectivity index (χ0v) is 15.7. The lowest BCUT2D eigenvalue weighted by atomic mass is 10.1. The fraction of sp³-hybridized carbons (Fsp3) is 0.0909. The summed E-state index contributed by atoms with van der Waals surface area (Å²) in [5.74, 6) is -0.571. The average molecular weight is 387 g/mol. The summed E-state index contributed by atoms with van der Waals surface area (Å²) in [7, 11) is 1.70. The lowest BCUT2D eigenvalue weighted by Crippen LogP contribution is -2.25. The van der Waals surface area contributed by atoms with E-state index in [1.807, 2.05) is 24.3 Å². The molecule has 1 aromatic carbocycles. The zero-order valence-electron chi connectivity index (χ0n) is 15.7. The highest BCUT2D eigenvalue weighted by Crippen LogP contribution is 2.21. The first-order valence-corrected chi connectivity index (χ1v) is 9.04. The van der Waals surface area contributed by atoms with Crippen LogP contribution in [0.25, 0.3) is 22.5 Å². The topological polar surface area (TPSA) is 72.7 Å². The molecule has 0 spiro atoms. The second kappa shape index (κ2) is 8.02. The van der Waals surface area contributed by atoms with Crippen molar-refractivity contribution < 1.29 is 9.18 Å². The molecule has 0 unspecified atom stereocenters. The first kappa shape index (κ1) is 18.5. The van der Waals surface area contributed by atoms with E-state index in [1.165, 1.54) is 16.8 Å². The van der Waals surface area contributed by atoms with Crippen molar-refractivity contribution in [1.82, 2.24) is 25.1 Å². The van der Waals surface area contributed by atoms with E-state index >= 15 is 0 Å². The van der Waals surface area contributed by atoms with Crippen molar-refractivity contribution in [2.75, 3.05) is 0 Å². The lowest BCUT2D eigenvalue weighted by Gasteiger charge is -2.09. The summed E-state index contributed by atoms with van der Waals surface area (Å²) >= 11 is 0. The summed E-state index contributed by atoms with van der Waals surface area (Å²) in [6, 6.07) is 15.2. The van der Waals surface area contributed by atoms with Crippen molar-refractivity contribution in [3.63, 3.8) is 0 Å². The molecular formula is C22H18FN5O. The Bertz CT molecular complexity index is 1140. The van der Waals surface area contributed by atoms with Crippen LogP contribution in [0.5, 0.6) is 0 Å². The van der Waals surface area contributed by atoms with E-state index in [-0.39, 0.29) is 11.7 Å². The van der Waals surface area contributed by atoms with Gasteiger partial charge in [-0.05, 0) is 54.1 Å². The van der Waals surface area contributed by atoms with Gasteiger partial charge >= 0.3 is 0 Å². The molecule has 0 aliphatic heterocycles. The Hall–Kier alpha value is -3.87. The molecule has 1 N–H and O–H groups in total. The summed E-state index contributed by atoms with van der Waals surface area (Å²) in [4.78, 5) is 21.3. The van der Waals surface area contributed by atoms with E-state index in [4.69, 9.17) is 0 Å². The van der Waals surface area contributed by atoms with Gasteiger partial charge in [0.05, 0.1) is 11.4 Å². The molecule has 0 aliphatic rings. The third-order valence-electron chi connectivity index (χ3n) is 4.52. The van der Waals surface area contributed by atoms with E-state index in [1.54, 1.807) is 43.8 Å². The number of carbonyl (C=O) groups is 1. The summed E-state index contributed by atoms with van der Waals surface area (Å²) in [6.45, 7) is 0.313. The molecule has 29 heavy (non-hydrogen) atoms. The maximum atomic E-state index is 13.1. The van der Waals surface area contributed by atoms with Crippen LogP contribution < -0.4 is 5.32 Å². The fourth-order valence-electron chi connectivity index (χ4n) is 3.05. The van der Waals surface area contributed by atoms with Crippen LogP contribution in [0.4, 0.5) is 4.39 Å². The Kier molecular flexibility index (Phi) is 5.11. The zero-order chi connectivity index (χ0) is 20.2. The van der Waals surface area contributed by atoms with Crippen LogP contribution >= 0.6 is 0 Å². The van der Waals surface area contributed by atoms with Crippen LogP contribution in [0.3, 0.4) is 0 Å². The highest BCUT2D eigenvalue weighted by Gasteiger charge is 2.15. The number of benzene rings is 1. The van der Waals surface area contributed by atoms with Crippen molar-refractivity contribution in [3.05, 3.63) is 90.3 Å². The van der Waals surface area contributed by atoms with Crippen molar-refractivity contribution in [3.8, 4) is 22.5 Å². The second-order valence-corrected chi connectivity index (χ2v) is 6.48. The number of hydrogen-bond acceptors (Lipinski definition) is 4. The predicted molar refractivity (Wildman–Crippen MR) is 107 cm³/mol. The molecule has 4 rings (SSSR count). The quantitative estimate of drug-likeness (QED) is 0.568. The summed E-state index contributed by atoms with van der Waals surface area (Å²) in [5, 5.41) is 7.28. The van der Waals surface area contributed by atoms with Gasteiger partial charge in [-0.15, -0.1) is 0 Å². The molecule has 3 heterocycles. The molecule has 0 atom stereocenters. The lowest BCUT2D eigenvalue weighted by molar-refractivity contribution is 0.0941. The van der Waals surface area contributed by atoms with Gasteiger partial charge < -0.3 is 5.32 Å². The molecule has 6 nitrogen and oxygen atoms in total. The maximum absolute atomic E-state index is 13.1. The molecule has 0 aliphatic carbocycles. The van der Waals surface area contributed by atoms with Crippen molar-refractivity contribution in [2.45, 2.75) is 6.54 Å². The smallest absolute Gasteiger partial charge is 0.269 e. The fourth-order valence-corrected chi connectivity index (χ4v) is 3.05. The van der Waals surface area contributed by atoms with Crippen LogP contribution in [0, 0.1) is 5.82 Å². The SMILES string of the molecule is Cn1nc(-c2ccc(F)cc2)cc1C(=O)NCc1cccnc1-c1cccnc1. The second-order valence-electron chi connectivity index (χ2n) is 6.48. The van der Waals surface area contributed by atoms with Crippen LogP contribution in [-0.4, -0.2) is 25.7 Å². The van der Waals surface area contributed by atoms with Gasteiger partial charge in [-0.25, -0.2) is 4.39 Å². The monoisotopic (exact) mass is 387 g/mol. The van der Waals surface area contributed by atoms with Crippen LogP contribution in [0.15, 0.2) is 73.2 Å². The summed E-state index contributed by atoms with van der Waals surface area (Å²) < 4.78 is 14.6. The van der Waals surface area contributed by atoms with E-state index in [0.717, 1.165) is 22.4 Å². The van der Waals surface area contributed by atoms with Crippen LogP contribution in [0.1, 0.15) is 16.1 Å². The van der Waals surface area contributed by atoms with Gasteiger partial charge in [-0.3, -0.25) is 19.4 Å². The first-order chi connectivity index (χ1) is 14.1. The minimum absolute atomic E-state index is 0.255. The van der Waals surface area contributed by atoms with Crippen molar-refractivity contribution in [1.29, 1.82) is 0 Å². The van der Waals surface area contributed by atoms with Gasteiger partial charge in [0.1, 0.15) is 11.5 Å². The number of nitrogens with zero attached hydrogens (tertiary/aromatic N) is 4. The van der Waals surface area contributed by atoms with E-state index in [9.17, 15) is 9.18 Å². The molecule has 0 saturated carbocycles. The number of hydrogen-bond donors (Lipinski definition) is 1. The Labute approximate surface area is 167 Å². The average Bonchev–Trinajstić information content (AvgIpc) is 3.15. The molecule has 0 saturated heterocycles. The molecule has 1 amide bonds. The standard InChI is InChI=1S/C22H18FN5O/c1-28-20(12-19(27-28)15-6-8-18(23)9-7-15)22(29)26-14-17-5-3-11-25-21(17)16-4-2-10-24-13-16/h2-13H,14H2,1H3,(H,26,29). The minimum Gasteiger partial charge on any atom is -0.347 e. The molecule has 144 valence electrons. The number of aryl methyl sites for hydroxylation is 1. The third-order valence-corrected chi connectivity index (χ3v) is 4.52. The normalized spacial score (nSPS) is 10.7. The highest BCUT2D eigenvalue weighted by atomic mass is 19.1. The molecule has 0 fully saturated rings. The third kappa shape index (κ3) is 4.03. The summed E-state index contributed by atoms with van der Waals surface area (Å²) in [6.07, 6.45) is 5.16. The minimum atomic E-state index is -0.316. The van der Waals surface area contributed by atoms with Crippen molar-refractivity contribution in [2.24, 2.45) is 7.05 Å². The van der Waals surface area contributed by atoms with Gasteiger partial charge in [-0.1, -0.05) is 6.07 Å². The maximum Gasteiger partial charge on any atom is 0.269 e. The van der Waals surface area contributed by atoms with Gasteiger partial charge in [0.15, 0.2) is 0 Å². The Morgan fingerprint density at radius 2 is 1.86 bits per heavy atom. The van der Waals surface area contributed by atoms with Gasteiger partial charge in [0, 0.05) is 43.3 Å². The van der Waals surface area contributed by atoms with Crippen molar-refractivity contribution >= 4 is 5.91 Å². The largest absolute Gasteiger partial charge is 0.347 e. The van der Waals surface area contributed by atoms with Gasteiger partial charge in [0.2, 0.25) is 0 Å². The Balaban J connectivity index is 1.52. The van der Waals surface area contributed by atoms with E-state index in [0.29, 0.717) is 17.9 Å². The van der Waals surface area contributed by atoms with Gasteiger partial charge in [0.25, 0.3) is 5.91 Å². The molecule has 0 radical (unpaired) electrons. The molecule has 0 bridgehead atoms. The van der Waals surface area contributed by atoms with Gasteiger partial charge in [-0.2, -0.15) is 5.10 Å². The van der Waals surface area contributed by atoms with E-state index < -0.39 is 0 Å². The number of rotatable bonds is 5. The predicted octanol–water partition coefficient (Wildman–Crippen LogP) is 3.61. The van der Waals surface area contributed by atoms with Crippen LogP contribution in [0.2, 0.25) is 0 Å². The molecular weight excluding hydrogens is 369 g/mol. The van der Waals surface area contributed by atoms with Crippen LogP contribution in [-0.2, 0) is 13.6 Å². The number of nitrogens with one attached hydrogen (secondary N) is 1. The number of carbonyl (C=O) groups excluding carboxylic acids is 1. The Morgan fingerprint density at radius 1 is 1.07 bits per heavy atom. The highest BCUT2D eigenvalue weighted by molar-refractivity contribution is 5.93. The number of aromatic nitrogens is 4. The Morgan fingerprint density at radius 3 is 2.62 bits per heavy atom. The summed E-state index contributed by atoms with van der Waals surface area (Å²) in [5.41, 5.74) is 4.31. The number of halogens is 1. The number of amides is 1. The molecule has 3 aromatic heterocycles. The molecule has 7 heteroatoms. The van der Waals surface area contributed by atoms with E-state index in [2.05, 4.69) is 20.4 Å². The first-order valence-electron chi connectivity index (χ1n) is 9.04.